The van der Waals surface area contributed by atoms with E-state index >= 15 is 0 Å². The molecule has 0 radical (unpaired) electrons. The first-order valence-electron chi connectivity index (χ1n) is 21.8. The number of nitrogens with two attached hydrogens (primary N) is 2. The molecule has 2 unspecified atom stereocenters. The van der Waals surface area contributed by atoms with Crippen LogP contribution in [-0.4, -0.2) is 64.6 Å². The van der Waals surface area contributed by atoms with Gasteiger partial charge in [0.1, 0.15) is 11.6 Å². The molecule has 4 aliphatic carbocycles. The number of carboxylic acids is 1. The van der Waals surface area contributed by atoms with Crippen LogP contribution in [0.4, 0.5) is 10.9 Å². The first-order valence-corrected chi connectivity index (χ1v) is 22.6. The zero-order valence-electron chi connectivity index (χ0n) is 36.3. The summed E-state index contributed by atoms with van der Waals surface area (Å²) in [6, 6.07) is 11.8. The molecule has 318 valence electrons. The molecule has 3 aromatic rings. The number of carboxylic acid groups (broad SMARTS) is 1. The molecular formula is C47H66N8O3S. The molecular weight excluding hydrogens is 757 g/mol. The molecule has 2 atom stereocenters. The van der Waals surface area contributed by atoms with Crippen molar-refractivity contribution in [3.63, 3.8) is 0 Å². The van der Waals surface area contributed by atoms with Crippen LogP contribution < -0.4 is 27.0 Å². The molecule has 3 heterocycles. The maximum absolute atomic E-state index is 12.9. The van der Waals surface area contributed by atoms with Crippen LogP contribution in [0.3, 0.4) is 0 Å². The Kier molecular flexibility index (Phi) is 11.8. The number of benzene rings is 1. The lowest BCUT2D eigenvalue weighted by Crippen LogP contribution is -2.77. The van der Waals surface area contributed by atoms with E-state index in [1.807, 2.05) is 71.0 Å². The number of rotatable bonds is 16. The third-order valence-corrected chi connectivity index (χ3v) is 16.0. The van der Waals surface area contributed by atoms with Crippen molar-refractivity contribution in [1.29, 1.82) is 0 Å². The molecule has 1 aliphatic heterocycles. The van der Waals surface area contributed by atoms with Crippen molar-refractivity contribution in [2.24, 2.45) is 43.5 Å². The highest BCUT2D eigenvalue weighted by Crippen LogP contribution is 2.98. The average Bonchev–Trinajstić information content (AvgIpc) is 3.82. The largest absolute Gasteiger partial charge is 0.476 e. The van der Waals surface area contributed by atoms with E-state index in [1.54, 1.807) is 11.3 Å². The first-order chi connectivity index (χ1) is 28.2. The summed E-state index contributed by atoms with van der Waals surface area (Å²) >= 11 is 1.56. The lowest BCUT2D eigenvalue weighted by molar-refractivity contribution is -0.357. The second kappa shape index (κ2) is 16.3. The predicted octanol–water partition coefficient (Wildman–Crippen LogP) is 9.08. The highest BCUT2D eigenvalue weighted by molar-refractivity contribution is 7.22. The molecule has 11 nitrogen and oxygen atoms in total. The van der Waals surface area contributed by atoms with Crippen LogP contribution in [0.2, 0.25) is 0 Å². The topological polar surface area (TPSA) is 175 Å². The second-order valence-corrected chi connectivity index (χ2v) is 19.5. The van der Waals surface area contributed by atoms with Gasteiger partial charge in [0.2, 0.25) is 0 Å². The molecule has 5 aliphatic rings. The quantitative estimate of drug-likeness (QED) is 0.0604. The second-order valence-electron chi connectivity index (χ2n) is 18.4. The van der Waals surface area contributed by atoms with Crippen LogP contribution in [0, 0.1) is 27.1 Å². The molecule has 2 bridgehead atoms. The Morgan fingerprint density at radius 3 is 2.41 bits per heavy atom. The minimum absolute atomic E-state index is 0.0338. The number of aromatic nitrogens is 2. The van der Waals surface area contributed by atoms with Crippen LogP contribution in [-0.2, 0) is 0 Å². The van der Waals surface area contributed by atoms with E-state index in [0.29, 0.717) is 51.0 Å². The molecule has 2 aromatic heterocycles. The van der Waals surface area contributed by atoms with Crippen LogP contribution >= 0.6 is 11.3 Å². The van der Waals surface area contributed by atoms with E-state index in [2.05, 4.69) is 34.4 Å². The number of aliphatic hydroxyl groups is 1. The Morgan fingerprint density at radius 1 is 1.02 bits per heavy atom. The van der Waals surface area contributed by atoms with E-state index in [1.165, 1.54) is 51.1 Å². The summed E-state index contributed by atoms with van der Waals surface area (Å²) in [6.07, 6.45) is 12.8. The van der Waals surface area contributed by atoms with Gasteiger partial charge < -0.3 is 37.2 Å². The van der Waals surface area contributed by atoms with Gasteiger partial charge in [0.05, 0.1) is 10.2 Å². The third-order valence-electron chi connectivity index (χ3n) is 15.0. The molecule has 4 fully saturated rings. The number of hydrogen-bond acceptors (Lipinski definition) is 11. The molecule has 1 spiro atoms. The first kappa shape index (κ1) is 42.8. The highest BCUT2D eigenvalue weighted by atomic mass is 32.1. The lowest BCUT2D eigenvalue weighted by atomic mass is 9.20. The maximum atomic E-state index is 12.9. The Morgan fingerprint density at radius 2 is 1.73 bits per heavy atom. The van der Waals surface area contributed by atoms with E-state index < -0.39 is 5.97 Å². The summed E-state index contributed by atoms with van der Waals surface area (Å²) in [5.41, 5.74) is 20.4. The van der Waals surface area contributed by atoms with Gasteiger partial charge in [0.15, 0.2) is 10.8 Å². The minimum Gasteiger partial charge on any atom is -0.476 e. The van der Waals surface area contributed by atoms with E-state index in [4.69, 9.17) is 26.6 Å². The van der Waals surface area contributed by atoms with Crippen LogP contribution in [0.25, 0.3) is 15.8 Å². The fourth-order valence-corrected chi connectivity index (χ4v) is 14.4. The number of pyridine rings is 1. The van der Waals surface area contributed by atoms with E-state index in [0.717, 1.165) is 76.8 Å². The number of aromatic carboxylic acids is 1. The standard InChI is InChI=1S/C45H60N8O3S.C2H6/c1-28(38(47)52-40-50-34-12-6-7-13-35(34)57-40)31-11-8-19-53(30(31)3)36-15-14-32(37(51-36)39(55)56)33(21-46)29(2)49-27-43-22-41(4)24-44(16-9-17-48-18-10-20-54)25-42(5,23-43)45(41,44)26-43;1-2/h6-7,12-15,21,48,54H,8-11,16-20,22-27,46-47H2,1-5H3,(H,50,52)(H,55,56);1-2H3/b33-21+,38-28+,49-29?;. The van der Waals surface area contributed by atoms with Gasteiger partial charge in [-0.3, -0.25) is 4.99 Å². The molecule has 8 N–H and O–H groups in total. The van der Waals surface area contributed by atoms with Crippen LogP contribution in [0.5, 0.6) is 0 Å². The number of hydrogen-bond donors (Lipinski definition) is 6. The average molecular weight is 823 g/mol. The summed E-state index contributed by atoms with van der Waals surface area (Å²) in [4.78, 5) is 29.6. The number of para-hydroxylation sites is 1. The number of carbonyl (C=O) groups is 1. The smallest absolute Gasteiger partial charge is 0.355 e. The van der Waals surface area contributed by atoms with Crippen molar-refractivity contribution in [1.82, 2.24) is 15.3 Å². The molecule has 8 rings (SSSR count). The minimum atomic E-state index is -1.10. The van der Waals surface area contributed by atoms with Crippen molar-refractivity contribution in [2.45, 2.75) is 113 Å². The van der Waals surface area contributed by atoms with Crippen molar-refractivity contribution in [3.05, 3.63) is 76.5 Å². The van der Waals surface area contributed by atoms with Crippen molar-refractivity contribution >= 4 is 49.8 Å². The van der Waals surface area contributed by atoms with Gasteiger partial charge in [0, 0.05) is 48.4 Å². The van der Waals surface area contributed by atoms with Crippen LogP contribution in [0.1, 0.15) is 129 Å². The highest BCUT2D eigenvalue weighted by Gasteiger charge is 2.91. The fourth-order valence-electron chi connectivity index (χ4n) is 13.6. The summed E-state index contributed by atoms with van der Waals surface area (Å²) in [5, 5.41) is 27.2. The zero-order chi connectivity index (χ0) is 42.4. The summed E-state index contributed by atoms with van der Waals surface area (Å²) in [6.45, 7) is 18.7. The van der Waals surface area contributed by atoms with Crippen molar-refractivity contribution in [3.8, 4) is 0 Å². The molecule has 0 amide bonds. The number of anilines is 2. The Balaban J connectivity index is 0.00000260. The molecule has 0 saturated heterocycles. The Bertz CT molecular complexity index is 2170. The predicted molar refractivity (Wildman–Crippen MR) is 242 cm³/mol. The number of thiazole rings is 1. The normalized spacial score (nSPS) is 30.0. The summed E-state index contributed by atoms with van der Waals surface area (Å²) in [5.74, 6) is 0.0222. The van der Waals surface area contributed by atoms with Gasteiger partial charge in [0.25, 0.3) is 0 Å². The third kappa shape index (κ3) is 6.96. The number of nitrogens with zero attached hydrogens (tertiary/aromatic N) is 4. The molecule has 12 heteroatoms. The summed E-state index contributed by atoms with van der Waals surface area (Å²) < 4.78 is 1.09. The monoisotopic (exact) mass is 822 g/mol. The van der Waals surface area contributed by atoms with Gasteiger partial charge in [-0.05, 0) is 161 Å². The fraction of sp³-hybridized carbons (Fsp3) is 0.574. The molecule has 1 aromatic carbocycles. The van der Waals surface area contributed by atoms with Gasteiger partial charge in [-0.1, -0.05) is 51.2 Å². The van der Waals surface area contributed by atoms with Crippen molar-refractivity contribution in [2.75, 3.05) is 43.0 Å². The SMILES string of the molecule is CC.CC(=NCC12CC3(C)CC4(CCCNCCCO)CC(C)(C1)C34C2)/C(=C\N)c1ccc(N2CCCC(/C(C)=C(\N)Nc3nc4ccccc4s3)=C2C)nc1C(=O)O. The Hall–Kier alpha value is -4.26. The number of fused-ring (bicyclic) bond motifs is 2. The lowest BCUT2D eigenvalue weighted by Gasteiger charge is -2.84. The number of aliphatic imine (C=N–C) groups is 1. The maximum Gasteiger partial charge on any atom is 0.355 e. The van der Waals surface area contributed by atoms with Crippen molar-refractivity contribution < 1.29 is 15.0 Å². The van der Waals surface area contributed by atoms with E-state index in [9.17, 15) is 9.90 Å². The van der Waals surface area contributed by atoms with Gasteiger partial charge in [-0.2, -0.15) is 0 Å². The number of nitrogens with one attached hydrogen (secondary N) is 2. The zero-order valence-corrected chi connectivity index (χ0v) is 37.1. The van der Waals surface area contributed by atoms with Gasteiger partial charge >= 0.3 is 5.97 Å². The number of aliphatic hydroxyl groups excluding tert-OH is 1. The Labute approximate surface area is 354 Å². The molecule has 4 saturated carbocycles. The van der Waals surface area contributed by atoms with Gasteiger partial charge in [-0.25, -0.2) is 14.8 Å². The van der Waals surface area contributed by atoms with Crippen LogP contribution in [0.15, 0.2) is 70.3 Å². The van der Waals surface area contributed by atoms with E-state index in [-0.39, 0.29) is 17.7 Å². The summed E-state index contributed by atoms with van der Waals surface area (Å²) in [7, 11) is 0. The van der Waals surface area contributed by atoms with Gasteiger partial charge in [-0.15, -0.1) is 0 Å². The molecule has 59 heavy (non-hydrogen) atoms. The number of allylic oxidation sites excluding steroid dienone is 4.